The fourth-order valence-electron chi connectivity index (χ4n) is 0.882. The molecule has 0 fully saturated rings. The summed E-state index contributed by atoms with van der Waals surface area (Å²) >= 11 is 0. The largest absolute Gasteiger partial charge is 2.00 e. The van der Waals surface area contributed by atoms with Gasteiger partial charge in [0.05, 0.1) is 0 Å². The third-order valence-electron chi connectivity index (χ3n) is 1.50. The van der Waals surface area contributed by atoms with Crippen LogP contribution >= 0.6 is 0 Å². The van der Waals surface area contributed by atoms with Crippen LogP contribution in [0.4, 0.5) is 0 Å². The topological polar surface area (TPSA) is 23.1 Å². The number of halogens is 1. The fraction of sp³-hybridized carbons (Fsp3) is 1.00. The first-order valence-corrected chi connectivity index (χ1v) is 4.00. The third kappa shape index (κ3) is 18.3. The Bertz CT molecular complexity index is 47.4. The SMILES string of the molecule is CCCCCCCC[O-].[Br-].[Mg+2]. The Morgan fingerprint density at radius 1 is 0.909 bits per heavy atom. The van der Waals surface area contributed by atoms with E-state index in [4.69, 9.17) is 0 Å². The van der Waals surface area contributed by atoms with Gasteiger partial charge in [-0.25, -0.2) is 0 Å². The minimum atomic E-state index is 0. The van der Waals surface area contributed by atoms with Crippen molar-refractivity contribution in [2.45, 2.75) is 45.4 Å². The smallest absolute Gasteiger partial charge is 1.00 e. The summed E-state index contributed by atoms with van der Waals surface area (Å²) in [5.74, 6) is 0. The molecule has 1 nitrogen and oxygen atoms in total. The zero-order valence-corrected chi connectivity index (χ0v) is 10.4. The third-order valence-corrected chi connectivity index (χ3v) is 1.50. The van der Waals surface area contributed by atoms with Gasteiger partial charge in [0.25, 0.3) is 0 Å². The van der Waals surface area contributed by atoms with Crippen LogP contribution in [0.1, 0.15) is 45.4 Å². The molecular formula is C8H17BrMgO. The van der Waals surface area contributed by atoms with E-state index in [1.165, 1.54) is 25.7 Å². The maximum atomic E-state index is 9.96. The molecule has 0 bridgehead atoms. The molecule has 0 heterocycles. The second kappa shape index (κ2) is 17.3. The molecule has 0 aromatic rings. The average molecular weight is 233 g/mol. The van der Waals surface area contributed by atoms with E-state index in [0.29, 0.717) is 0 Å². The van der Waals surface area contributed by atoms with E-state index < -0.39 is 0 Å². The van der Waals surface area contributed by atoms with Crippen molar-refractivity contribution >= 4 is 23.1 Å². The molecule has 0 atom stereocenters. The van der Waals surface area contributed by atoms with Crippen molar-refractivity contribution in [3.63, 3.8) is 0 Å². The molecule has 0 spiro atoms. The molecule has 0 radical (unpaired) electrons. The molecule has 0 aliphatic carbocycles. The van der Waals surface area contributed by atoms with Crippen molar-refractivity contribution in [3.8, 4) is 0 Å². The summed E-state index contributed by atoms with van der Waals surface area (Å²) in [5, 5.41) is 9.96. The molecule has 0 amide bonds. The summed E-state index contributed by atoms with van der Waals surface area (Å²) < 4.78 is 0. The van der Waals surface area contributed by atoms with Crippen molar-refractivity contribution in [2.75, 3.05) is 6.61 Å². The number of unbranched alkanes of at least 4 members (excludes halogenated alkanes) is 5. The summed E-state index contributed by atoms with van der Waals surface area (Å²) in [6.07, 6.45) is 7.22. The van der Waals surface area contributed by atoms with Crippen LogP contribution in [0, 0.1) is 0 Å². The van der Waals surface area contributed by atoms with Gasteiger partial charge in [-0.3, -0.25) is 0 Å². The van der Waals surface area contributed by atoms with Gasteiger partial charge >= 0.3 is 23.1 Å². The van der Waals surface area contributed by atoms with Crippen LogP contribution in [-0.2, 0) is 0 Å². The summed E-state index contributed by atoms with van der Waals surface area (Å²) in [4.78, 5) is 0. The monoisotopic (exact) mass is 232 g/mol. The fourth-order valence-corrected chi connectivity index (χ4v) is 0.882. The van der Waals surface area contributed by atoms with Gasteiger partial charge in [0.15, 0.2) is 0 Å². The number of hydrogen-bond donors (Lipinski definition) is 0. The molecule has 0 saturated carbocycles. The summed E-state index contributed by atoms with van der Waals surface area (Å²) in [6, 6.07) is 0. The maximum Gasteiger partial charge on any atom is 2.00 e. The minimum absolute atomic E-state index is 0. The normalized spacial score (nSPS) is 8.18. The van der Waals surface area contributed by atoms with Crippen molar-refractivity contribution < 1.29 is 22.1 Å². The second-order valence-electron chi connectivity index (χ2n) is 2.47. The molecule has 0 aliphatic rings. The van der Waals surface area contributed by atoms with Gasteiger partial charge in [0, 0.05) is 0 Å². The van der Waals surface area contributed by atoms with Gasteiger partial charge in [-0.15, -0.1) is 6.61 Å². The Morgan fingerprint density at radius 3 is 1.82 bits per heavy atom. The average Bonchev–Trinajstić information content (AvgIpc) is 1.89. The van der Waals surface area contributed by atoms with Crippen molar-refractivity contribution in [1.29, 1.82) is 0 Å². The molecular weight excluding hydrogens is 216 g/mol. The summed E-state index contributed by atoms with van der Waals surface area (Å²) in [6.45, 7) is 2.32. The maximum absolute atomic E-state index is 9.96. The van der Waals surface area contributed by atoms with Crippen LogP contribution < -0.4 is 22.1 Å². The molecule has 0 aromatic carbocycles. The van der Waals surface area contributed by atoms with Crippen molar-refractivity contribution in [3.05, 3.63) is 0 Å². The van der Waals surface area contributed by atoms with E-state index in [1.54, 1.807) is 0 Å². The van der Waals surface area contributed by atoms with E-state index in [-0.39, 0.29) is 46.6 Å². The Labute approximate surface area is 96.9 Å². The molecule has 3 heteroatoms. The minimum Gasteiger partial charge on any atom is -1.00 e. The predicted octanol–water partition coefficient (Wildman–Crippen LogP) is -1.67. The molecule has 0 rings (SSSR count). The van der Waals surface area contributed by atoms with Crippen LogP contribution in [0.5, 0.6) is 0 Å². The summed E-state index contributed by atoms with van der Waals surface area (Å²) in [7, 11) is 0. The Hall–Kier alpha value is 1.21. The van der Waals surface area contributed by atoms with Crippen LogP contribution in [0.3, 0.4) is 0 Å². The Balaban J connectivity index is -0.000000320. The molecule has 0 aliphatic heterocycles. The van der Waals surface area contributed by atoms with Gasteiger partial charge in [0.2, 0.25) is 0 Å². The first-order valence-electron chi connectivity index (χ1n) is 4.00. The van der Waals surface area contributed by atoms with Gasteiger partial charge in [0.1, 0.15) is 0 Å². The van der Waals surface area contributed by atoms with Gasteiger partial charge in [-0.05, 0) is 0 Å². The molecule has 0 saturated heterocycles. The zero-order chi connectivity index (χ0) is 6.95. The van der Waals surface area contributed by atoms with Crippen molar-refractivity contribution in [2.24, 2.45) is 0 Å². The van der Waals surface area contributed by atoms with Crippen LogP contribution in [-0.4, -0.2) is 29.7 Å². The molecule has 0 aromatic heterocycles. The van der Waals surface area contributed by atoms with E-state index in [9.17, 15) is 5.11 Å². The molecule has 0 unspecified atom stereocenters. The van der Waals surface area contributed by atoms with Crippen molar-refractivity contribution in [1.82, 2.24) is 0 Å². The number of hydrogen-bond acceptors (Lipinski definition) is 1. The number of rotatable bonds is 6. The molecule has 64 valence electrons. The summed E-state index contributed by atoms with van der Waals surface area (Å²) in [5.41, 5.74) is 0. The molecule has 11 heavy (non-hydrogen) atoms. The zero-order valence-electron chi connectivity index (χ0n) is 7.44. The van der Waals surface area contributed by atoms with E-state index in [0.717, 1.165) is 12.8 Å². The van der Waals surface area contributed by atoms with Crippen LogP contribution in [0.25, 0.3) is 0 Å². The van der Waals surface area contributed by atoms with E-state index in [2.05, 4.69) is 6.92 Å². The van der Waals surface area contributed by atoms with Gasteiger partial charge in [-0.1, -0.05) is 45.4 Å². The first-order chi connectivity index (χ1) is 4.41. The molecule has 0 N–H and O–H groups in total. The predicted molar refractivity (Wildman–Crippen MR) is 44.0 cm³/mol. The van der Waals surface area contributed by atoms with Crippen LogP contribution in [0.15, 0.2) is 0 Å². The quantitative estimate of drug-likeness (QED) is 0.397. The van der Waals surface area contributed by atoms with Gasteiger partial charge < -0.3 is 22.1 Å². The van der Waals surface area contributed by atoms with E-state index in [1.807, 2.05) is 0 Å². The van der Waals surface area contributed by atoms with Crippen LogP contribution in [0.2, 0.25) is 0 Å². The second-order valence-corrected chi connectivity index (χ2v) is 2.47. The Morgan fingerprint density at radius 2 is 1.36 bits per heavy atom. The standard InChI is InChI=1S/C8H17O.BrH.Mg/c1-2-3-4-5-6-7-8-9;;/h2-8H2,1H3;1H;/q-1;;+2/p-1. The first kappa shape index (κ1) is 18.1. The Kier molecular flexibility index (Phi) is 28.5. The van der Waals surface area contributed by atoms with E-state index >= 15 is 0 Å². The van der Waals surface area contributed by atoms with Gasteiger partial charge in [-0.2, -0.15) is 0 Å².